The minimum absolute atomic E-state index is 0.0475. The first-order chi connectivity index (χ1) is 9.65. The first-order valence-electron chi connectivity index (χ1n) is 6.13. The molecule has 3 aromatic rings. The Bertz CT molecular complexity index is 848. The average Bonchev–Trinajstić information content (AvgIpc) is 2.76. The lowest BCUT2D eigenvalue weighted by molar-refractivity contribution is 0.854. The van der Waals surface area contributed by atoms with Crippen molar-refractivity contribution >= 4 is 38.8 Å². The molecule has 2 aromatic carbocycles. The Morgan fingerprint density at radius 3 is 2.75 bits per heavy atom. The summed E-state index contributed by atoms with van der Waals surface area (Å²) in [7, 11) is 0. The van der Waals surface area contributed by atoms with E-state index in [0.717, 1.165) is 21.2 Å². The summed E-state index contributed by atoms with van der Waals surface area (Å²) >= 11 is 6.45. The van der Waals surface area contributed by atoms with Gasteiger partial charge in [0.15, 0.2) is 0 Å². The van der Waals surface area contributed by atoms with E-state index < -0.39 is 0 Å². The van der Waals surface area contributed by atoms with E-state index in [9.17, 15) is 4.79 Å². The summed E-state index contributed by atoms with van der Waals surface area (Å²) in [6.07, 6.45) is 0. The molecule has 0 aliphatic rings. The summed E-state index contributed by atoms with van der Waals surface area (Å²) < 4.78 is 2.76. The van der Waals surface area contributed by atoms with Crippen LogP contribution in [0.15, 0.2) is 53.3 Å². The Morgan fingerprint density at radius 1 is 1.20 bits per heavy atom. The number of hydrogen-bond donors (Lipinski definition) is 1. The lowest BCUT2D eigenvalue weighted by atomic mass is 10.1. The quantitative estimate of drug-likeness (QED) is 0.757. The predicted molar refractivity (Wildman–Crippen MR) is 87.5 cm³/mol. The van der Waals surface area contributed by atoms with E-state index in [2.05, 4.69) is 0 Å². The van der Waals surface area contributed by atoms with Crippen LogP contribution >= 0.6 is 23.8 Å². The number of hydrogen-bond acceptors (Lipinski definition) is 3. The number of thiocarbonyl (C=S) groups is 1. The summed E-state index contributed by atoms with van der Waals surface area (Å²) in [4.78, 5) is 12.6. The number of nitrogens with zero attached hydrogens (tertiary/aromatic N) is 1. The van der Waals surface area contributed by atoms with Crippen LogP contribution in [0.3, 0.4) is 0 Å². The molecule has 0 fully saturated rings. The lowest BCUT2D eigenvalue weighted by Gasteiger charge is -2.04. The molecule has 3 rings (SSSR count). The van der Waals surface area contributed by atoms with Gasteiger partial charge in [-0.1, -0.05) is 54.1 Å². The number of rotatable bonds is 3. The van der Waals surface area contributed by atoms with Crippen molar-refractivity contribution in [2.24, 2.45) is 5.73 Å². The van der Waals surface area contributed by atoms with Crippen molar-refractivity contribution < 1.29 is 0 Å². The van der Waals surface area contributed by atoms with Crippen LogP contribution in [-0.4, -0.2) is 8.95 Å². The van der Waals surface area contributed by atoms with Crippen molar-refractivity contribution in [3.63, 3.8) is 0 Å². The van der Waals surface area contributed by atoms with E-state index in [1.54, 1.807) is 3.96 Å². The fraction of sp³-hybridized carbons (Fsp3) is 0.0667. The third-order valence-electron chi connectivity index (χ3n) is 3.09. The Hall–Kier alpha value is -1.98. The van der Waals surface area contributed by atoms with Crippen molar-refractivity contribution in [1.82, 2.24) is 3.96 Å². The molecule has 20 heavy (non-hydrogen) atoms. The molecule has 3 nitrogen and oxygen atoms in total. The minimum atomic E-state index is 0.0475. The van der Waals surface area contributed by atoms with Gasteiger partial charge in [0.2, 0.25) is 0 Å². The first-order valence-corrected chi connectivity index (χ1v) is 7.31. The molecular weight excluding hydrogens is 288 g/mol. The molecule has 5 heteroatoms. The third kappa shape index (κ3) is 2.37. The van der Waals surface area contributed by atoms with E-state index in [4.69, 9.17) is 18.0 Å². The van der Waals surface area contributed by atoms with Gasteiger partial charge in [0.05, 0.1) is 16.6 Å². The standard InChI is InChI=1S/C15H12N2OS2/c16-14(19)11-5-3-4-10(8-11)9-17-15(18)12-6-1-2-7-13(12)20-17/h1-8H,9H2,(H2,16,19). The molecule has 0 saturated heterocycles. The van der Waals surface area contributed by atoms with Gasteiger partial charge in [-0.2, -0.15) is 0 Å². The molecule has 1 heterocycles. The van der Waals surface area contributed by atoms with Gasteiger partial charge >= 0.3 is 0 Å². The van der Waals surface area contributed by atoms with Crippen molar-refractivity contribution in [3.05, 3.63) is 70.0 Å². The van der Waals surface area contributed by atoms with Gasteiger partial charge in [0, 0.05) is 5.56 Å². The van der Waals surface area contributed by atoms with E-state index in [-0.39, 0.29) is 5.56 Å². The Balaban J connectivity index is 2.01. The molecule has 1 aromatic heterocycles. The van der Waals surface area contributed by atoms with Crippen LogP contribution in [0.5, 0.6) is 0 Å². The van der Waals surface area contributed by atoms with Crippen molar-refractivity contribution in [3.8, 4) is 0 Å². The molecule has 2 N–H and O–H groups in total. The smallest absolute Gasteiger partial charge is 0.268 e. The summed E-state index contributed by atoms with van der Waals surface area (Å²) in [5.41, 5.74) is 7.52. The fourth-order valence-electron chi connectivity index (χ4n) is 2.11. The summed E-state index contributed by atoms with van der Waals surface area (Å²) in [6, 6.07) is 15.3. The fourth-order valence-corrected chi connectivity index (χ4v) is 3.26. The van der Waals surface area contributed by atoms with Crippen molar-refractivity contribution in [1.29, 1.82) is 0 Å². The zero-order valence-corrected chi connectivity index (χ0v) is 12.2. The van der Waals surface area contributed by atoms with E-state index in [0.29, 0.717) is 11.5 Å². The van der Waals surface area contributed by atoms with Crippen molar-refractivity contribution in [2.75, 3.05) is 0 Å². The second kappa shape index (κ2) is 5.19. The van der Waals surface area contributed by atoms with Gasteiger partial charge in [-0.15, -0.1) is 0 Å². The van der Waals surface area contributed by atoms with Crippen LogP contribution in [0.25, 0.3) is 10.1 Å². The summed E-state index contributed by atoms with van der Waals surface area (Å²) in [5, 5.41) is 0.767. The zero-order valence-electron chi connectivity index (χ0n) is 10.6. The summed E-state index contributed by atoms with van der Waals surface area (Å²) in [6.45, 7) is 0.536. The Morgan fingerprint density at radius 2 is 2.00 bits per heavy atom. The van der Waals surface area contributed by atoms with E-state index >= 15 is 0 Å². The summed E-state index contributed by atoms with van der Waals surface area (Å²) in [5.74, 6) is 0. The van der Waals surface area contributed by atoms with Gasteiger partial charge in [-0.25, -0.2) is 0 Å². The molecule has 0 amide bonds. The maximum absolute atomic E-state index is 12.3. The van der Waals surface area contributed by atoms with Crippen LogP contribution in [-0.2, 0) is 6.54 Å². The number of nitrogens with two attached hydrogens (primary N) is 1. The Labute approximate surface area is 125 Å². The predicted octanol–water partition coefficient (Wildman–Crippen LogP) is 2.75. The number of aromatic nitrogens is 1. The lowest BCUT2D eigenvalue weighted by Crippen LogP contribution is -2.14. The molecule has 0 aliphatic heterocycles. The Kier molecular flexibility index (Phi) is 3.38. The third-order valence-corrected chi connectivity index (χ3v) is 4.39. The topological polar surface area (TPSA) is 48.0 Å². The van der Waals surface area contributed by atoms with Gasteiger partial charge in [-0.3, -0.25) is 8.75 Å². The van der Waals surface area contributed by atoms with Crippen LogP contribution in [0, 0.1) is 0 Å². The second-order valence-corrected chi connectivity index (χ2v) is 6.00. The highest BCUT2D eigenvalue weighted by Crippen LogP contribution is 2.17. The highest BCUT2D eigenvalue weighted by molar-refractivity contribution is 7.80. The molecule has 0 bridgehead atoms. The second-order valence-electron chi connectivity index (χ2n) is 4.49. The first kappa shape index (κ1) is 13.0. The molecule has 0 atom stereocenters. The molecule has 0 saturated carbocycles. The molecule has 0 radical (unpaired) electrons. The highest BCUT2D eigenvalue weighted by Gasteiger charge is 2.07. The van der Waals surface area contributed by atoms with E-state index in [1.807, 2.05) is 48.5 Å². The molecule has 0 spiro atoms. The molecule has 100 valence electrons. The largest absolute Gasteiger partial charge is 0.389 e. The highest BCUT2D eigenvalue weighted by atomic mass is 32.1. The maximum atomic E-state index is 12.3. The van der Waals surface area contributed by atoms with Crippen LogP contribution < -0.4 is 11.3 Å². The van der Waals surface area contributed by atoms with Crippen molar-refractivity contribution in [2.45, 2.75) is 6.54 Å². The molecule has 0 unspecified atom stereocenters. The minimum Gasteiger partial charge on any atom is -0.389 e. The van der Waals surface area contributed by atoms with Gasteiger partial charge in [0.25, 0.3) is 5.56 Å². The van der Waals surface area contributed by atoms with E-state index in [1.165, 1.54) is 11.5 Å². The average molecular weight is 300 g/mol. The normalized spacial score (nSPS) is 10.8. The maximum Gasteiger partial charge on any atom is 0.268 e. The zero-order chi connectivity index (χ0) is 14.1. The molecular formula is C15H12N2OS2. The van der Waals surface area contributed by atoms with Crippen LogP contribution in [0.1, 0.15) is 11.1 Å². The van der Waals surface area contributed by atoms with Crippen LogP contribution in [0.4, 0.5) is 0 Å². The van der Waals surface area contributed by atoms with Gasteiger partial charge in [0.1, 0.15) is 4.99 Å². The van der Waals surface area contributed by atoms with Crippen LogP contribution in [0.2, 0.25) is 0 Å². The SMILES string of the molecule is NC(=S)c1cccc(Cn2sc3ccccc3c2=O)c1. The number of fused-ring (bicyclic) bond motifs is 1. The van der Waals surface area contributed by atoms with Gasteiger partial charge < -0.3 is 5.73 Å². The number of benzene rings is 2. The molecule has 0 aliphatic carbocycles. The monoisotopic (exact) mass is 300 g/mol. The van der Waals surface area contributed by atoms with Gasteiger partial charge in [-0.05, 0) is 23.8 Å².